The highest BCUT2D eigenvalue weighted by Crippen LogP contribution is 2.22. The molecule has 16 heavy (non-hydrogen) atoms. The van der Waals surface area contributed by atoms with Gasteiger partial charge in [-0.1, -0.05) is 0 Å². The van der Waals surface area contributed by atoms with Crippen LogP contribution in [0.5, 0.6) is 0 Å². The van der Waals surface area contributed by atoms with Gasteiger partial charge in [0.15, 0.2) is 0 Å². The van der Waals surface area contributed by atoms with Gasteiger partial charge in [-0.3, -0.25) is 4.90 Å². The maximum Gasteiger partial charge on any atom is 0.107 e. The molecule has 1 aromatic rings. The van der Waals surface area contributed by atoms with Crippen molar-refractivity contribution in [2.45, 2.75) is 45.3 Å². The first kappa shape index (κ1) is 12.0. The average molecular weight is 240 g/mol. The van der Waals surface area contributed by atoms with Gasteiger partial charge in [0, 0.05) is 17.6 Å². The van der Waals surface area contributed by atoms with Gasteiger partial charge in [0.05, 0.1) is 12.1 Å². The van der Waals surface area contributed by atoms with Crippen molar-refractivity contribution in [3.05, 3.63) is 16.1 Å². The van der Waals surface area contributed by atoms with Crippen LogP contribution in [0.4, 0.5) is 0 Å². The number of thiazole rings is 1. The standard InChI is InChI=1S/C12H20N2OS/c1-10-9-16-11(13-10)8-14-6-3-4-12(2,15)5-7-14/h9,15H,3-8H2,1-2H3. The van der Waals surface area contributed by atoms with Gasteiger partial charge in [0.25, 0.3) is 0 Å². The van der Waals surface area contributed by atoms with Crippen LogP contribution in [0.2, 0.25) is 0 Å². The summed E-state index contributed by atoms with van der Waals surface area (Å²) in [5.41, 5.74) is 0.648. The molecule has 1 aliphatic heterocycles. The van der Waals surface area contributed by atoms with E-state index in [1.807, 2.05) is 13.8 Å². The predicted molar refractivity (Wildman–Crippen MR) is 66.6 cm³/mol. The van der Waals surface area contributed by atoms with Gasteiger partial charge in [-0.25, -0.2) is 4.98 Å². The molecular formula is C12H20N2OS. The van der Waals surface area contributed by atoms with E-state index in [0.29, 0.717) is 0 Å². The molecule has 1 aromatic heterocycles. The van der Waals surface area contributed by atoms with Crippen LogP contribution >= 0.6 is 11.3 Å². The Morgan fingerprint density at radius 3 is 3.00 bits per heavy atom. The molecule has 1 N–H and O–H groups in total. The summed E-state index contributed by atoms with van der Waals surface area (Å²) in [4.78, 5) is 6.89. The molecule has 0 bridgehead atoms. The Morgan fingerprint density at radius 2 is 2.31 bits per heavy atom. The van der Waals surface area contributed by atoms with Gasteiger partial charge in [0.1, 0.15) is 5.01 Å². The molecule has 0 aliphatic carbocycles. The Kier molecular flexibility index (Phi) is 3.62. The minimum absolute atomic E-state index is 0.465. The molecule has 3 nitrogen and oxygen atoms in total. The Bertz CT molecular complexity index is 349. The molecule has 0 aromatic carbocycles. The van der Waals surface area contributed by atoms with E-state index in [9.17, 15) is 5.11 Å². The second kappa shape index (κ2) is 4.82. The van der Waals surface area contributed by atoms with Crippen LogP contribution in [0, 0.1) is 6.92 Å². The zero-order valence-corrected chi connectivity index (χ0v) is 10.9. The first-order chi connectivity index (χ1) is 7.55. The number of rotatable bonds is 2. The van der Waals surface area contributed by atoms with Crippen LogP contribution in [0.1, 0.15) is 36.9 Å². The van der Waals surface area contributed by atoms with Crippen molar-refractivity contribution in [2.75, 3.05) is 13.1 Å². The predicted octanol–water partition coefficient (Wildman–Crippen LogP) is 2.19. The van der Waals surface area contributed by atoms with Gasteiger partial charge >= 0.3 is 0 Å². The molecule has 1 aliphatic rings. The van der Waals surface area contributed by atoms with Crippen molar-refractivity contribution in [3.8, 4) is 0 Å². The highest BCUT2D eigenvalue weighted by atomic mass is 32.1. The topological polar surface area (TPSA) is 36.4 Å². The quantitative estimate of drug-likeness (QED) is 0.861. The Hall–Kier alpha value is -0.450. The molecule has 0 spiro atoms. The van der Waals surface area contributed by atoms with Gasteiger partial charge in [0.2, 0.25) is 0 Å². The molecule has 2 rings (SSSR count). The van der Waals surface area contributed by atoms with Gasteiger partial charge in [-0.05, 0) is 39.7 Å². The lowest BCUT2D eigenvalue weighted by Gasteiger charge is -2.21. The fraction of sp³-hybridized carbons (Fsp3) is 0.750. The zero-order chi connectivity index (χ0) is 11.6. The summed E-state index contributed by atoms with van der Waals surface area (Å²) in [6.45, 7) is 6.98. The molecule has 4 heteroatoms. The number of likely N-dealkylation sites (tertiary alicyclic amines) is 1. The van der Waals surface area contributed by atoms with E-state index < -0.39 is 5.60 Å². The zero-order valence-electron chi connectivity index (χ0n) is 10.1. The number of hydrogen-bond acceptors (Lipinski definition) is 4. The third-order valence-electron chi connectivity index (χ3n) is 3.18. The van der Waals surface area contributed by atoms with Gasteiger partial charge in [-0.2, -0.15) is 0 Å². The third-order valence-corrected chi connectivity index (χ3v) is 4.13. The summed E-state index contributed by atoms with van der Waals surface area (Å²) >= 11 is 1.73. The van der Waals surface area contributed by atoms with E-state index in [4.69, 9.17) is 0 Å². The lowest BCUT2D eigenvalue weighted by atomic mass is 9.98. The van der Waals surface area contributed by atoms with E-state index in [-0.39, 0.29) is 0 Å². The van der Waals surface area contributed by atoms with Crippen LogP contribution in [-0.4, -0.2) is 33.7 Å². The summed E-state index contributed by atoms with van der Waals surface area (Å²) in [7, 11) is 0. The molecule has 0 amide bonds. The average Bonchev–Trinajstić information content (AvgIpc) is 2.52. The van der Waals surface area contributed by atoms with E-state index in [1.165, 1.54) is 5.01 Å². The first-order valence-electron chi connectivity index (χ1n) is 5.91. The number of nitrogens with zero attached hydrogens (tertiary/aromatic N) is 2. The number of aryl methyl sites for hydroxylation is 1. The van der Waals surface area contributed by atoms with E-state index in [0.717, 1.165) is 44.6 Å². The SMILES string of the molecule is Cc1csc(CN2CCCC(C)(O)CC2)n1. The fourth-order valence-electron chi connectivity index (χ4n) is 2.14. The monoisotopic (exact) mass is 240 g/mol. The first-order valence-corrected chi connectivity index (χ1v) is 6.79. The molecule has 1 unspecified atom stereocenters. The molecule has 1 fully saturated rings. The van der Waals surface area contributed by atoms with E-state index in [1.54, 1.807) is 11.3 Å². The highest BCUT2D eigenvalue weighted by molar-refractivity contribution is 7.09. The maximum absolute atomic E-state index is 10.0. The molecular weight excluding hydrogens is 220 g/mol. The smallest absolute Gasteiger partial charge is 0.107 e. The third kappa shape index (κ3) is 3.27. The van der Waals surface area contributed by atoms with Crippen LogP contribution in [-0.2, 0) is 6.54 Å². The van der Waals surface area contributed by atoms with Crippen molar-refractivity contribution in [2.24, 2.45) is 0 Å². The van der Waals surface area contributed by atoms with Gasteiger partial charge < -0.3 is 5.11 Å². The van der Waals surface area contributed by atoms with E-state index >= 15 is 0 Å². The van der Waals surface area contributed by atoms with Gasteiger partial charge in [-0.15, -0.1) is 11.3 Å². The van der Waals surface area contributed by atoms with Crippen LogP contribution < -0.4 is 0 Å². The van der Waals surface area contributed by atoms with Crippen LogP contribution in [0.15, 0.2) is 5.38 Å². The Morgan fingerprint density at radius 1 is 1.50 bits per heavy atom. The van der Waals surface area contributed by atoms with Crippen molar-refractivity contribution in [3.63, 3.8) is 0 Å². The summed E-state index contributed by atoms with van der Waals surface area (Å²) in [6.07, 6.45) is 2.87. The molecule has 0 saturated carbocycles. The minimum Gasteiger partial charge on any atom is -0.390 e. The highest BCUT2D eigenvalue weighted by Gasteiger charge is 2.25. The lowest BCUT2D eigenvalue weighted by molar-refractivity contribution is 0.0444. The second-order valence-corrected chi connectivity index (χ2v) is 5.95. The van der Waals surface area contributed by atoms with Crippen molar-refractivity contribution in [1.82, 2.24) is 9.88 Å². The Balaban J connectivity index is 1.91. The van der Waals surface area contributed by atoms with Crippen molar-refractivity contribution in [1.29, 1.82) is 0 Å². The molecule has 2 heterocycles. The molecule has 1 saturated heterocycles. The van der Waals surface area contributed by atoms with Crippen LogP contribution in [0.3, 0.4) is 0 Å². The molecule has 90 valence electrons. The summed E-state index contributed by atoms with van der Waals surface area (Å²) in [6, 6.07) is 0. The number of aliphatic hydroxyl groups is 1. The fourth-order valence-corrected chi connectivity index (χ4v) is 2.96. The second-order valence-electron chi connectivity index (χ2n) is 5.01. The number of hydrogen-bond donors (Lipinski definition) is 1. The lowest BCUT2D eigenvalue weighted by Crippen LogP contribution is -2.28. The maximum atomic E-state index is 10.0. The summed E-state index contributed by atoms with van der Waals surface area (Å²) in [5.74, 6) is 0. The van der Waals surface area contributed by atoms with Crippen molar-refractivity contribution < 1.29 is 5.11 Å². The molecule has 0 radical (unpaired) electrons. The Labute approximate surface area is 101 Å². The summed E-state index contributed by atoms with van der Waals surface area (Å²) < 4.78 is 0. The normalized spacial score (nSPS) is 27.9. The van der Waals surface area contributed by atoms with Crippen LogP contribution in [0.25, 0.3) is 0 Å². The van der Waals surface area contributed by atoms with E-state index in [2.05, 4.69) is 15.3 Å². The largest absolute Gasteiger partial charge is 0.390 e. The number of aromatic nitrogens is 1. The minimum atomic E-state index is -0.465. The molecule has 1 atom stereocenters. The summed E-state index contributed by atoms with van der Waals surface area (Å²) in [5, 5.41) is 13.3. The van der Waals surface area contributed by atoms with Crippen molar-refractivity contribution >= 4 is 11.3 Å².